The van der Waals surface area contributed by atoms with Gasteiger partial charge >= 0.3 is 6.09 Å². The molecule has 0 unspecified atom stereocenters. The minimum Gasteiger partial charge on any atom is -0.467 e. The van der Waals surface area contributed by atoms with E-state index in [9.17, 15) is 4.79 Å². The summed E-state index contributed by atoms with van der Waals surface area (Å²) in [4.78, 5) is 13.2. The molecule has 0 radical (unpaired) electrons. The number of rotatable bonds is 3. The zero-order valence-corrected chi connectivity index (χ0v) is 11.5. The van der Waals surface area contributed by atoms with Crippen LogP contribution in [0.5, 0.6) is 0 Å². The molecule has 0 spiro atoms. The van der Waals surface area contributed by atoms with Crippen molar-refractivity contribution < 1.29 is 19.2 Å². The smallest absolute Gasteiger partial charge is 0.411 e. The maximum Gasteiger partial charge on any atom is 0.411 e. The van der Waals surface area contributed by atoms with Crippen LogP contribution in [0.15, 0.2) is 28.0 Å². The molecule has 0 aromatic carbocycles. The zero-order chi connectivity index (χ0) is 14.6. The molecule has 19 heavy (non-hydrogen) atoms. The molecule has 7 nitrogen and oxygen atoms in total. The van der Waals surface area contributed by atoms with Crippen LogP contribution in [-0.2, 0) is 4.74 Å². The lowest BCUT2D eigenvalue weighted by Crippen LogP contribution is -2.41. The fourth-order valence-corrected chi connectivity index (χ4v) is 1.48. The first-order valence-corrected chi connectivity index (χ1v) is 5.73. The van der Waals surface area contributed by atoms with Gasteiger partial charge in [0.2, 0.25) is 0 Å². The number of nitrogens with two attached hydrogens (primary N) is 1. The number of carbonyl (C=O) groups is 1. The van der Waals surface area contributed by atoms with Gasteiger partial charge in [-0.15, -0.1) is 0 Å². The summed E-state index contributed by atoms with van der Waals surface area (Å²) in [7, 11) is 1.49. The molecular weight excluding hydrogens is 250 g/mol. The normalized spacial score (nSPS) is 14.0. The van der Waals surface area contributed by atoms with Crippen LogP contribution < -0.4 is 5.73 Å². The molecule has 106 valence electrons. The topological polar surface area (TPSA) is 101 Å². The molecule has 1 aromatic rings. The SMILES string of the molecule is CN(C(=O)OC(C)(C)C)[C@H](C(N)=NO)c1ccco1. The van der Waals surface area contributed by atoms with E-state index in [0.29, 0.717) is 5.76 Å². The summed E-state index contributed by atoms with van der Waals surface area (Å²) in [5.74, 6) is 0.215. The van der Waals surface area contributed by atoms with Crippen molar-refractivity contribution in [2.75, 3.05) is 7.05 Å². The van der Waals surface area contributed by atoms with E-state index in [1.165, 1.54) is 18.2 Å². The molecule has 0 saturated carbocycles. The van der Waals surface area contributed by atoms with Gasteiger partial charge in [0.05, 0.1) is 6.26 Å². The zero-order valence-electron chi connectivity index (χ0n) is 11.5. The Morgan fingerprint density at radius 1 is 1.58 bits per heavy atom. The van der Waals surface area contributed by atoms with E-state index in [0.717, 1.165) is 0 Å². The van der Waals surface area contributed by atoms with Crippen LogP contribution in [0.4, 0.5) is 4.79 Å². The van der Waals surface area contributed by atoms with Gasteiger partial charge < -0.3 is 20.1 Å². The maximum atomic E-state index is 12.0. The predicted molar refractivity (Wildman–Crippen MR) is 68.9 cm³/mol. The predicted octanol–water partition coefficient (Wildman–Crippen LogP) is 1.93. The molecular formula is C12H19N3O4. The largest absolute Gasteiger partial charge is 0.467 e. The van der Waals surface area contributed by atoms with Gasteiger partial charge in [-0.25, -0.2) is 4.79 Å². The van der Waals surface area contributed by atoms with Crippen molar-refractivity contribution in [2.45, 2.75) is 32.4 Å². The van der Waals surface area contributed by atoms with Gasteiger partial charge in [-0.3, -0.25) is 4.90 Å². The van der Waals surface area contributed by atoms with Crippen molar-refractivity contribution in [1.82, 2.24) is 4.90 Å². The standard InChI is InChI=1S/C12H19N3O4/c1-12(2,3)19-11(16)15(4)9(10(13)14-17)8-6-5-7-18-8/h5-7,9,17H,1-4H3,(H2,13,14)/t9-/m0/s1. The van der Waals surface area contributed by atoms with E-state index >= 15 is 0 Å². The summed E-state index contributed by atoms with van der Waals surface area (Å²) in [6, 6.07) is 2.45. The lowest BCUT2D eigenvalue weighted by Gasteiger charge is -2.28. The van der Waals surface area contributed by atoms with Crippen LogP contribution in [-0.4, -0.2) is 34.7 Å². The number of amidine groups is 1. The highest BCUT2D eigenvalue weighted by Gasteiger charge is 2.31. The van der Waals surface area contributed by atoms with E-state index in [1.54, 1.807) is 32.9 Å². The quantitative estimate of drug-likeness (QED) is 0.378. The third-order valence-corrected chi connectivity index (χ3v) is 2.28. The van der Waals surface area contributed by atoms with Crippen molar-refractivity contribution in [3.05, 3.63) is 24.2 Å². The van der Waals surface area contributed by atoms with Crippen molar-refractivity contribution >= 4 is 11.9 Å². The molecule has 0 aliphatic carbocycles. The molecule has 1 rings (SSSR count). The lowest BCUT2D eigenvalue weighted by molar-refractivity contribution is 0.0250. The molecule has 0 saturated heterocycles. The van der Waals surface area contributed by atoms with Gasteiger partial charge in [-0.1, -0.05) is 5.16 Å². The van der Waals surface area contributed by atoms with Gasteiger partial charge in [-0.05, 0) is 32.9 Å². The second-order valence-corrected chi connectivity index (χ2v) is 5.03. The third kappa shape index (κ3) is 3.90. The van der Waals surface area contributed by atoms with Gasteiger partial charge in [0.1, 0.15) is 11.4 Å². The minimum absolute atomic E-state index is 0.164. The number of oxime groups is 1. The van der Waals surface area contributed by atoms with Gasteiger partial charge in [0.25, 0.3) is 0 Å². The maximum absolute atomic E-state index is 12.0. The summed E-state index contributed by atoms with van der Waals surface area (Å²) in [5, 5.41) is 11.7. The minimum atomic E-state index is -0.824. The average Bonchev–Trinajstić information content (AvgIpc) is 2.80. The Labute approximate surface area is 111 Å². The number of hydrogen-bond acceptors (Lipinski definition) is 5. The Morgan fingerprint density at radius 2 is 2.21 bits per heavy atom. The number of likely N-dealkylation sites (N-methyl/N-ethyl adjacent to an activating group) is 1. The van der Waals surface area contributed by atoms with Crippen LogP contribution in [0.1, 0.15) is 32.6 Å². The van der Waals surface area contributed by atoms with Crippen molar-refractivity contribution in [1.29, 1.82) is 0 Å². The Bertz CT molecular complexity index is 448. The van der Waals surface area contributed by atoms with Crippen molar-refractivity contribution in [2.24, 2.45) is 10.9 Å². The fraction of sp³-hybridized carbons (Fsp3) is 0.500. The summed E-state index contributed by atoms with van der Waals surface area (Å²) >= 11 is 0. The summed E-state index contributed by atoms with van der Waals surface area (Å²) < 4.78 is 10.4. The van der Waals surface area contributed by atoms with Crippen LogP contribution in [0.2, 0.25) is 0 Å². The Morgan fingerprint density at radius 3 is 2.63 bits per heavy atom. The van der Waals surface area contributed by atoms with Gasteiger partial charge in [-0.2, -0.15) is 0 Å². The first-order chi connectivity index (χ1) is 8.76. The highest BCUT2D eigenvalue weighted by atomic mass is 16.6. The Kier molecular flexibility index (Phi) is 4.42. The molecule has 1 amide bonds. The first-order valence-electron chi connectivity index (χ1n) is 5.73. The third-order valence-electron chi connectivity index (χ3n) is 2.28. The highest BCUT2D eigenvalue weighted by molar-refractivity contribution is 5.89. The van der Waals surface area contributed by atoms with Crippen LogP contribution in [0.25, 0.3) is 0 Å². The summed E-state index contributed by atoms with van der Waals surface area (Å²) in [6.07, 6.45) is 0.844. The van der Waals surface area contributed by atoms with E-state index < -0.39 is 17.7 Å². The lowest BCUT2D eigenvalue weighted by atomic mass is 10.2. The van der Waals surface area contributed by atoms with E-state index in [1.807, 2.05) is 0 Å². The van der Waals surface area contributed by atoms with E-state index in [-0.39, 0.29) is 5.84 Å². The molecule has 0 aliphatic rings. The van der Waals surface area contributed by atoms with Crippen LogP contribution in [0.3, 0.4) is 0 Å². The molecule has 7 heteroatoms. The molecule has 3 N–H and O–H groups in total. The summed E-state index contributed by atoms with van der Waals surface area (Å²) in [5.41, 5.74) is 4.97. The number of carbonyl (C=O) groups excluding carboxylic acids is 1. The Balaban J connectivity index is 2.96. The van der Waals surface area contributed by atoms with Gasteiger partial charge in [0, 0.05) is 7.05 Å². The van der Waals surface area contributed by atoms with Gasteiger partial charge in [0.15, 0.2) is 11.9 Å². The number of ether oxygens (including phenoxy) is 1. The number of nitrogens with zero attached hydrogens (tertiary/aromatic N) is 2. The molecule has 1 heterocycles. The highest BCUT2D eigenvalue weighted by Crippen LogP contribution is 2.22. The number of hydrogen-bond donors (Lipinski definition) is 2. The molecule has 0 fully saturated rings. The number of furan rings is 1. The summed E-state index contributed by atoms with van der Waals surface area (Å²) in [6.45, 7) is 5.26. The monoisotopic (exact) mass is 269 g/mol. The number of amides is 1. The van der Waals surface area contributed by atoms with Crippen molar-refractivity contribution in [3.63, 3.8) is 0 Å². The molecule has 1 atom stereocenters. The molecule has 0 aliphatic heterocycles. The first kappa shape index (κ1) is 14.9. The van der Waals surface area contributed by atoms with E-state index in [2.05, 4.69) is 5.16 Å². The second kappa shape index (κ2) is 5.64. The average molecular weight is 269 g/mol. The van der Waals surface area contributed by atoms with Crippen LogP contribution in [0, 0.1) is 0 Å². The second-order valence-electron chi connectivity index (χ2n) is 5.03. The van der Waals surface area contributed by atoms with Crippen molar-refractivity contribution in [3.8, 4) is 0 Å². The van der Waals surface area contributed by atoms with E-state index in [4.69, 9.17) is 20.1 Å². The molecule has 0 bridgehead atoms. The Hall–Kier alpha value is -2.18. The fourth-order valence-electron chi connectivity index (χ4n) is 1.48. The van der Waals surface area contributed by atoms with Crippen LogP contribution >= 0.6 is 0 Å². The molecule has 1 aromatic heterocycles.